The first-order valence-corrected chi connectivity index (χ1v) is 9.84. The molecule has 2 amide bonds. The highest BCUT2D eigenvalue weighted by atomic mass is 35.5. The van der Waals surface area contributed by atoms with Crippen LogP contribution in [0.25, 0.3) is 0 Å². The van der Waals surface area contributed by atoms with Crippen molar-refractivity contribution in [3.05, 3.63) is 29.3 Å². The van der Waals surface area contributed by atoms with Gasteiger partial charge in [0.25, 0.3) is 0 Å². The summed E-state index contributed by atoms with van der Waals surface area (Å²) in [5, 5.41) is 3.13. The van der Waals surface area contributed by atoms with Crippen molar-refractivity contribution in [2.75, 3.05) is 25.4 Å². The molecule has 132 valence electrons. The van der Waals surface area contributed by atoms with Gasteiger partial charge in [0, 0.05) is 31.6 Å². The van der Waals surface area contributed by atoms with Crippen molar-refractivity contribution in [3.63, 3.8) is 0 Å². The second-order valence-corrected chi connectivity index (χ2v) is 8.41. The van der Waals surface area contributed by atoms with Crippen LogP contribution in [-0.2, 0) is 19.4 Å². The maximum absolute atomic E-state index is 12.2. The molecule has 0 spiro atoms. The summed E-state index contributed by atoms with van der Waals surface area (Å²) in [5.74, 6) is -0.699. The second kappa shape index (κ2) is 7.98. The van der Waals surface area contributed by atoms with Crippen molar-refractivity contribution in [3.8, 4) is 0 Å². The van der Waals surface area contributed by atoms with E-state index in [0.717, 1.165) is 6.42 Å². The Morgan fingerprint density at radius 2 is 1.96 bits per heavy atom. The van der Waals surface area contributed by atoms with Crippen LogP contribution in [0.5, 0.6) is 0 Å². The average Bonchev–Trinajstić information content (AvgIpc) is 2.55. The number of likely N-dealkylation sites (tertiary alicyclic amines) is 1. The molecule has 1 fully saturated rings. The Balaban J connectivity index is 1.85. The molecule has 6 nitrogen and oxygen atoms in total. The molecule has 1 saturated heterocycles. The Labute approximate surface area is 147 Å². The van der Waals surface area contributed by atoms with Gasteiger partial charge >= 0.3 is 0 Å². The molecule has 1 aliphatic heterocycles. The van der Waals surface area contributed by atoms with E-state index in [0.29, 0.717) is 24.5 Å². The summed E-state index contributed by atoms with van der Waals surface area (Å²) in [4.78, 5) is 25.4. The van der Waals surface area contributed by atoms with Crippen LogP contribution in [-0.4, -0.2) is 50.5 Å². The van der Waals surface area contributed by atoms with E-state index >= 15 is 0 Å². The number of hydrogen-bond donors (Lipinski definition) is 1. The van der Waals surface area contributed by atoms with E-state index < -0.39 is 9.84 Å². The zero-order valence-electron chi connectivity index (χ0n) is 13.5. The molecule has 1 aromatic rings. The predicted molar refractivity (Wildman–Crippen MR) is 91.5 cm³/mol. The SMILES string of the molecule is CC(=O)N1CCCC(C(=O)NCCS(=O)(=O)c2ccc(Cl)cc2)C1. The van der Waals surface area contributed by atoms with Crippen LogP contribution >= 0.6 is 11.6 Å². The Bertz CT molecular complexity index is 703. The normalized spacial score (nSPS) is 18.2. The summed E-state index contributed by atoms with van der Waals surface area (Å²) in [7, 11) is -3.47. The van der Waals surface area contributed by atoms with Gasteiger partial charge in [-0.15, -0.1) is 0 Å². The van der Waals surface area contributed by atoms with E-state index in [-0.39, 0.29) is 34.9 Å². The molecule has 1 unspecified atom stereocenters. The lowest BCUT2D eigenvalue weighted by Gasteiger charge is -2.31. The number of sulfone groups is 1. The Morgan fingerprint density at radius 3 is 2.58 bits per heavy atom. The second-order valence-electron chi connectivity index (χ2n) is 5.87. The van der Waals surface area contributed by atoms with Gasteiger partial charge in [0.2, 0.25) is 11.8 Å². The van der Waals surface area contributed by atoms with Crippen LogP contribution in [0.1, 0.15) is 19.8 Å². The van der Waals surface area contributed by atoms with Gasteiger partial charge < -0.3 is 10.2 Å². The van der Waals surface area contributed by atoms with E-state index in [2.05, 4.69) is 5.32 Å². The fourth-order valence-electron chi connectivity index (χ4n) is 2.69. The molecule has 0 aromatic heterocycles. The number of rotatable bonds is 5. The van der Waals surface area contributed by atoms with Gasteiger partial charge in [-0.2, -0.15) is 0 Å². The smallest absolute Gasteiger partial charge is 0.224 e. The number of piperidine rings is 1. The molecule has 0 saturated carbocycles. The fraction of sp³-hybridized carbons (Fsp3) is 0.500. The molecular formula is C16H21ClN2O4S. The van der Waals surface area contributed by atoms with Crippen LogP contribution in [0.2, 0.25) is 5.02 Å². The minimum absolute atomic E-state index is 0.0420. The van der Waals surface area contributed by atoms with E-state index in [1.54, 1.807) is 4.90 Å². The highest BCUT2D eigenvalue weighted by Crippen LogP contribution is 2.17. The number of amides is 2. The zero-order valence-corrected chi connectivity index (χ0v) is 15.1. The van der Waals surface area contributed by atoms with E-state index in [1.807, 2.05) is 0 Å². The van der Waals surface area contributed by atoms with Gasteiger partial charge in [-0.05, 0) is 37.1 Å². The van der Waals surface area contributed by atoms with Crippen molar-refractivity contribution >= 4 is 33.3 Å². The van der Waals surface area contributed by atoms with Crippen molar-refractivity contribution < 1.29 is 18.0 Å². The Morgan fingerprint density at radius 1 is 1.29 bits per heavy atom. The maximum atomic E-state index is 12.2. The number of carbonyl (C=O) groups is 2. The summed E-state index contributed by atoms with van der Waals surface area (Å²) in [6.45, 7) is 2.59. The molecule has 2 rings (SSSR count). The minimum atomic E-state index is -3.47. The molecule has 1 N–H and O–H groups in total. The molecule has 24 heavy (non-hydrogen) atoms. The summed E-state index contributed by atoms with van der Waals surface area (Å²) < 4.78 is 24.4. The molecule has 0 radical (unpaired) electrons. The number of nitrogens with one attached hydrogen (secondary N) is 1. The topological polar surface area (TPSA) is 83.6 Å². The van der Waals surface area contributed by atoms with Crippen LogP contribution in [0.15, 0.2) is 29.2 Å². The number of halogens is 1. The monoisotopic (exact) mass is 372 g/mol. The standard InChI is InChI=1S/C16H21ClN2O4S/c1-12(20)19-9-2-3-13(11-19)16(21)18-8-10-24(22,23)15-6-4-14(17)5-7-15/h4-7,13H,2-3,8-11H2,1H3,(H,18,21). The number of benzene rings is 1. The highest BCUT2D eigenvalue weighted by Gasteiger charge is 2.27. The van der Waals surface area contributed by atoms with E-state index in [9.17, 15) is 18.0 Å². The summed E-state index contributed by atoms with van der Waals surface area (Å²) in [5.41, 5.74) is 0. The lowest BCUT2D eigenvalue weighted by molar-refractivity contribution is -0.133. The van der Waals surface area contributed by atoms with Gasteiger partial charge in [0.05, 0.1) is 16.6 Å². The van der Waals surface area contributed by atoms with Gasteiger partial charge in [-0.25, -0.2) is 8.42 Å². The van der Waals surface area contributed by atoms with E-state index in [1.165, 1.54) is 31.2 Å². The van der Waals surface area contributed by atoms with Crippen LogP contribution in [0.4, 0.5) is 0 Å². The number of hydrogen-bond acceptors (Lipinski definition) is 4. The van der Waals surface area contributed by atoms with Crippen molar-refractivity contribution in [2.24, 2.45) is 5.92 Å². The Hall–Kier alpha value is -1.60. The first-order chi connectivity index (χ1) is 11.3. The average molecular weight is 373 g/mol. The molecular weight excluding hydrogens is 352 g/mol. The lowest BCUT2D eigenvalue weighted by atomic mass is 9.97. The molecule has 8 heteroatoms. The summed E-state index contributed by atoms with van der Waals surface area (Å²) >= 11 is 5.75. The van der Waals surface area contributed by atoms with Gasteiger partial charge in [0.1, 0.15) is 0 Å². The molecule has 1 aliphatic rings. The largest absolute Gasteiger partial charge is 0.355 e. The van der Waals surface area contributed by atoms with Crippen molar-refractivity contribution in [2.45, 2.75) is 24.7 Å². The third kappa shape index (κ3) is 4.95. The first kappa shape index (κ1) is 18.7. The predicted octanol–water partition coefficient (Wildman–Crippen LogP) is 1.49. The lowest BCUT2D eigenvalue weighted by Crippen LogP contribution is -2.45. The maximum Gasteiger partial charge on any atom is 0.224 e. The van der Waals surface area contributed by atoms with Gasteiger partial charge in [0.15, 0.2) is 9.84 Å². The number of carbonyl (C=O) groups excluding carboxylic acids is 2. The van der Waals surface area contributed by atoms with Crippen LogP contribution in [0.3, 0.4) is 0 Å². The summed E-state index contributed by atoms with van der Waals surface area (Å²) in [6.07, 6.45) is 1.49. The zero-order chi connectivity index (χ0) is 17.7. The van der Waals surface area contributed by atoms with Gasteiger partial charge in [-0.1, -0.05) is 11.6 Å². The third-order valence-electron chi connectivity index (χ3n) is 4.08. The Kier molecular flexibility index (Phi) is 6.23. The summed E-state index contributed by atoms with van der Waals surface area (Å²) in [6, 6.07) is 5.94. The van der Waals surface area contributed by atoms with Crippen molar-refractivity contribution in [1.29, 1.82) is 0 Å². The highest BCUT2D eigenvalue weighted by molar-refractivity contribution is 7.91. The van der Waals surface area contributed by atoms with Crippen molar-refractivity contribution in [1.82, 2.24) is 10.2 Å². The molecule has 0 aliphatic carbocycles. The number of nitrogens with zero attached hydrogens (tertiary/aromatic N) is 1. The molecule has 1 aromatic carbocycles. The van der Waals surface area contributed by atoms with Crippen LogP contribution < -0.4 is 5.32 Å². The molecule has 1 atom stereocenters. The van der Waals surface area contributed by atoms with Crippen LogP contribution in [0, 0.1) is 5.92 Å². The third-order valence-corrected chi connectivity index (χ3v) is 6.06. The first-order valence-electron chi connectivity index (χ1n) is 7.81. The van der Waals surface area contributed by atoms with Gasteiger partial charge in [-0.3, -0.25) is 9.59 Å². The van der Waals surface area contributed by atoms with E-state index in [4.69, 9.17) is 11.6 Å². The minimum Gasteiger partial charge on any atom is -0.355 e. The molecule has 1 heterocycles. The quantitative estimate of drug-likeness (QED) is 0.848. The fourth-order valence-corrected chi connectivity index (χ4v) is 3.97. The molecule has 0 bridgehead atoms.